The summed E-state index contributed by atoms with van der Waals surface area (Å²) in [5.74, 6) is 3.20. The van der Waals surface area contributed by atoms with Crippen molar-refractivity contribution < 1.29 is 9.47 Å². The van der Waals surface area contributed by atoms with Crippen LogP contribution in [0.5, 0.6) is 11.5 Å². The number of aromatic nitrogens is 2. The molecular weight excluding hydrogens is 336 g/mol. The topological polar surface area (TPSA) is 47.1 Å². The summed E-state index contributed by atoms with van der Waals surface area (Å²) in [7, 11) is 3.36. The highest BCUT2D eigenvalue weighted by atomic mass is 16.5. The van der Waals surface area contributed by atoms with Gasteiger partial charge in [-0.15, -0.1) is 0 Å². The fourth-order valence-corrected chi connectivity index (χ4v) is 3.95. The number of hydrogen-bond donors (Lipinski definition) is 1. The maximum Gasteiger partial charge on any atom is 0.130 e. The summed E-state index contributed by atoms with van der Waals surface area (Å²) in [5, 5.41) is 0. The standard InChI is InChI=1S/C23H26N2O2/c1-26-20-9-6-10-21(27-2)23(20)17-12-13-18-19(15-17)25-22(24-18)14-11-16-7-4-3-5-8-16/h6,9-16H,3-5,7-8H2,1-2H3,(H,24,25). The quantitative estimate of drug-likeness (QED) is 0.620. The minimum absolute atomic E-state index is 0.695. The molecule has 1 aliphatic carbocycles. The number of nitrogens with zero attached hydrogens (tertiary/aromatic N) is 1. The second-order valence-electron chi connectivity index (χ2n) is 7.15. The molecule has 4 heteroatoms. The number of rotatable bonds is 5. The van der Waals surface area contributed by atoms with E-state index in [0.29, 0.717) is 5.92 Å². The van der Waals surface area contributed by atoms with Gasteiger partial charge >= 0.3 is 0 Å². The van der Waals surface area contributed by atoms with Gasteiger partial charge in [0.05, 0.1) is 30.8 Å². The summed E-state index contributed by atoms with van der Waals surface area (Å²) in [5.41, 5.74) is 3.97. The Kier molecular flexibility index (Phi) is 5.14. The molecule has 0 aliphatic heterocycles. The van der Waals surface area contributed by atoms with Crippen LogP contribution in [0.4, 0.5) is 0 Å². The predicted octanol–water partition coefficient (Wildman–Crippen LogP) is 5.84. The average molecular weight is 362 g/mol. The Morgan fingerprint density at radius 2 is 1.74 bits per heavy atom. The highest BCUT2D eigenvalue weighted by Gasteiger charge is 2.14. The SMILES string of the molecule is COc1cccc(OC)c1-c1ccc2[nH]c(C=CC3CCCCC3)nc2c1. The molecule has 1 fully saturated rings. The zero-order chi connectivity index (χ0) is 18.6. The Morgan fingerprint density at radius 1 is 1.00 bits per heavy atom. The smallest absolute Gasteiger partial charge is 0.130 e. The van der Waals surface area contributed by atoms with Crippen molar-refractivity contribution in [2.45, 2.75) is 32.1 Å². The van der Waals surface area contributed by atoms with E-state index >= 15 is 0 Å². The number of hydrogen-bond acceptors (Lipinski definition) is 3. The molecule has 0 unspecified atom stereocenters. The maximum absolute atomic E-state index is 5.55. The lowest BCUT2D eigenvalue weighted by Gasteiger charge is -2.17. The van der Waals surface area contributed by atoms with Crippen LogP contribution in [0.15, 0.2) is 42.5 Å². The number of fused-ring (bicyclic) bond motifs is 1. The van der Waals surface area contributed by atoms with E-state index in [-0.39, 0.29) is 0 Å². The second-order valence-corrected chi connectivity index (χ2v) is 7.15. The summed E-state index contributed by atoms with van der Waals surface area (Å²) >= 11 is 0. The number of nitrogens with one attached hydrogen (secondary N) is 1. The third-order valence-electron chi connectivity index (χ3n) is 5.39. The van der Waals surface area contributed by atoms with E-state index in [2.05, 4.69) is 35.3 Å². The third kappa shape index (κ3) is 3.70. The molecule has 140 valence electrons. The summed E-state index contributed by atoms with van der Waals surface area (Å²) < 4.78 is 11.1. The number of aromatic amines is 1. The average Bonchev–Trinajstić information content (AvgIpc) is 3.14. The van der Waals surface area contributed by atoms with Crippen LogP contribution >= 0.6 is 0 Å². The van der Waals surface area contributed by atoms with Crippen molar-refractivity contribution in [3.8, 4) is 22.6 Å². The molecule has 1 aromatic heterocycles. The van der Waals surface area contributed by atoms with E-state index in [9.17, 15) is 0 Å². The van der Waals surface area contributed by atoms with Gasteiger partial charge in [0.2, 0.25) is 0 Å². The van der Waals surface area contributed by atoms with Crippen LogP contribution in [-0.4, -0.2) is 24.2 Å². The molecule has 0 spiro atoms. The van der Waals surface area contributed by atoms with E-state index < -0.39 is 0 Å². The lowest BCUT2D eigenvalue weighted by Crippen LogP contribution is -2.02. The predicted molar refractivity (Wildman–Crippen MR) is 110 cm³/mol. The molecule has 4 rings (SSSR count). The molecule has 2 aromatic carbocycles. The fourth-order valence-electron chi connectivity index (χ4n) is 3.95. The molecule has 0 atom stereocenters. The number of methoxy groups -OCH3 is 2. The molecule has 1 N–H and O–H groups in total. The van der Waals surface area contributed by atoms with Gasteiger partial charge in [-0.3, -0.25) is 0 Å². The second kappa shape index (κ2) is 7.87. The Hall–Kier alpha value is -2.75. The first-order valence-corrected chi connectivity index (χ1v) is 9.68. The van der Waals surface area contributed by atoms with E-state index in [0.717, 1.165) is 39.5 Å². The van der Waals surface area contributed by atoms with Gasteiger partial charge < -0.3 is 14.5 Å². The van der Waals surface area contributed by atoms with Crippen molar-refractivity contribution in [3.05, 3.63) is 48.3 Å². The molecule has 4 nitrogen and oxygen atoms in total. The van der Waals surface area contributed by atoms with Crippen LogP contribution in [0.2, 0.25) is 0 Å². The van der Waals surface area contributed by atoms with Gasteiger partial charge in [0.15, 0.2) is 0 Å². The molecule has 1 heterocycles. The van der Waals surface area contributed by atoms with Gasteiger partial charge in [-0.25, -0.2) is 4.98 Å². The monoisotopic (exact) mass is 362 g/mol. The molecule has 0 bridgehead atoms. The first kappa shape index (κ1) is 17.7. The maximum atomic E-state index is 5.55. The van der Waals surface area contributed by atoms with Crippen LogP contribution in [0.1, 0.15) is 37.9 Å². The van der Waals surface area contributed by atoms with Gasteiger partial charge in [0.25, 0.3) is 0 Å². The normalized spacial score (nSPS) is 15.5. The minimum atomic E-state index is 0.695. The van der Waals surface area contributed by atoms with E-state index in [1.807, 2.05) is 18.2 Å². The van der Waals surface area contributed by atoms with Gasteiger partial charge in [0.1, 0.15) is 17.3 Å². The van der Waals surface area contributed by atoms with Crippen LogP contribution in [0.3, 0.4) is 0 Å². The van der Waals surface area contributed by atoms with Crippen molar-refractivity contribution in [2.75, 3.05) is 14.2 Å². The van der Waals surface area contributed by atoms with Gasteiger partial charge in [0, 0.05) is 0 Å². The molecule has 0 saturated heterocycles. The summed E-state index contributed by atoms with van der Waals surface area (Å²) in [6, 6.07) is 12.1. The van der Waals surface area contributed by atoms with Crippen molar-refractivity contribution in [3.63, 3.8) is 0 Å². The summed E-state index contributed by atoms with van der Waals surface area (Å²) in [6.07, 6.45) is 11.1. The first-order valence-electron chi connectivity index (χ1n) is 9.68. The van der Waals surface area contributed by atoms with Crippen LogP contribution < -0.4 is 9.47 Å². The molecule has 3 aromatic rings. The summed E-state index contributed by atoms with van der Waals surface area (Å²) in [6.45, 7) is 0. The Balaban J connectivity index is 1.66. The number of H-pyrrole nitrogens is 1. The molecule has 0 amide bonds. The molecular formula is C23H26N2O2. The number of imidazole rings is 1. The number of benzene rings is 2. The molecule has 0 radical (unpaired) electrons. The molecule has 27 heavy (non-hydrogen) atoms. The highest BCUT2D eigenvalue weighted by molar-refractivity contribution is 5.86. The molecule has 1 saturated carbocycles. The van der Waals surface area contributed by atoms with E-state index in [4.69, 9.17) is 14.5 Å². The fraction of sp³-hybridized carbons (Fsp3) is 0.348. The minimum Gasteiger partial charge on any atom is -0.496 e. The third-order valence-corrected chi connectivity index (χ3v) is 5.39. The number of ether oxygens (including phenoxy) is 2. The van der Waals surface area contributed by atoms with Crippen LogP contribution in [0, 0.1) is 5.92 Å². The Morgan fingerprint density at radius 3 is 2.44 bits per heavy atom. The molecule has 1 aliphatic rings. The highest BCUT2D eigenvalue weighted by Crippen LogP contribution is 2.39. The van der Waals surface area contributed by atoms with E-state index in [1.54, 1.807) is 14.2 Å². The first-order chi connectivity index (χ1) is 13.3. The van der Waals surface area contributed by atoms with Crippen LogP contribution in [0.25, 0.3) is 28.2 Å². The van der Waals surface area contributed by atoms with Crippen molar-refractivity contribution in [2.24, 2.45) is 5.92 Å². The van der Waals surface area contributed by atoms with Crippen molar-refractivity contribution in [1.82, 2.24) is 9.97 Å². The number of allylic oxidation sites excluding steroid dienone is 1. The van der Waals surface area contributed by atoms with Gasteiger partial charge in [-0.1, -0.05) is 37.5 Å². The van der Waals surface area contributed by atoms with Crippen molar-refractivity contribution >= 4 is 17.1 Å². The largest absolute Gasteiger partial charge is 0.496 e. The van der Waals surface area contributed by atoms with E-state index in [1.165, 1.54) is 32.1 Å². The summed E-state index contributed by atoms with van der Waals surface area (Å²) in [4.78, 5) is 8.18. The van der Waals surface area contributed by atoms with Gasteiger partial charge in [-0.05, 0) is 54.7 Å². The Bertz CT molecular complexity index is 930. The lowest BCUT2D eigenvalue weighted by atomic mass is 9.89. The zero-order valence-electron chi connectivity index (χ0n) is 16.0. The lowest BCUT2D eigenvalue weighted by molar-refractivity contribution is 0.397. The van der Waals surface area contributed by atoms with Gasteiger partial charge in [-0.2, -0.15) is 0 Å². The zero-order valence-corrected chi connectivity index (χ0v) is 16.0. The van der Waals surface area contributed by atoms with Crippen LogP contribution in [-0.2, 0) is 0 Å². The van der Waals surface area contributed by atoms with Crippen molar-refractivity contribution in [1.29, 1.82) is 0 Å². The Labute approximate surface area is 160 Å².